The minimum Gasteiger partial charge on any atom is -0.462 e. The van der Waals surface area contributed by atoms with E-state index in [1.807, 2.05) is 0 Å². The fourth-order valence-corrected chi connectivity index (χ4v) is 9.00. The third-order valence-electron chi connectivity index (χ3n) is 13.7. The first-order chi connectivity index (χ1) is 36.0. The SMILES string of the molecule is CC/C=C\C/C=C\C/C=C\C/C=C\C/C=C\CCCCCCCCCCCCCC(=O)OCC(COC(=O)CCCCCCCCCCCCC)OC(=O)CCCCCCCCC/C=C\CCCCCCCC. The largest absolute Gasteiger partial charge is 0.462 e. The van der Waals surface area contributed by atoms with Gasteiger partial charge in [0.2, 0.25) is 0 Å². The Morgan fingerprint density at radius 3 is 0.849 bits per heavy atom. The Morgan fingerprint density at radius 2 is 0.534 bits per heavy atom. The molecule has 0 heterocycles. The van der Waals surface area contributed by atoms with Gasteiger partial charge < -0.3 is 14.2 Å². The van der Waals surface area contributed by atoms with Crippen molar-refractivity contribution in [2.24, 2.45) is 0 Å². The molecule has 0 aromatic carbocycles. The number of unbranched alkanes of at least 4 members (excludes halogenated alkanes) is 34. The Morgan fingerprint density at radius 1 is 0.288 bits per heavy atom. The summed E-state index contributed by atoms with van der Waals surface area (Å²) in [5, 5.41) is 0. The van der Waals surface area contributed by atoms with Crippen molar-refractivity contribution in [1.82, 2.24) is 0 Å². The molecule has 0 spiro atoms. The second kappa shape index (κ2) is 61.4. The van der Waals surface area contributed by atoms with Crippen LogP contribution < -0.4 is 0 Å². The van der Waals surface area contributed by atoms with Crippen molar-refractivity contribution in [2.45, 2.75) is 322 Å². The maximum Gasteiger partial charge on any atom is 0.306 e. The Balaban J connectivity index is 4.24. The lowest BCUT2D eigenvalue weighted by molar-refractivity contribution is -0.167. The van der Waals surface area contributed by atoms with Crippen LogP contribution in [-0.2, 0) is 28.6 Å². The molecule has 0 aromatic rings. The van der Waals surface area contributed by atoms with Gasteiger partial charge in [-0.05, 0) is 89.9 Å². The van der Waals surface area contributed by atoms with Crippen LogP contribution in [-0.4, -0.2) is 37.2 Å². The highest BCUT2D eigenvalue weighted by Gasteiger charge is 2.19. The molecule has 1 atom stereocenters. The van der Waals surface area contributed by atoms with Crippen LogP contribution in [0, 0.1) is 0 Å². The van der Waals surface area contributed by atoms with Gasteiger partial charge in [0.1, 0.15) is 13.2 Å². The molecule has 0 aliphatic rings. The number of allylic oxidation sites excluding steroid dienone is 12. The molecule has 0 bridgehead atoms. The fourth-order valence-electron chi connectivity index (χ4n) is 9.00. The Kier molecular flexibility index (Phi) is 58.7. The summed E-state index contributed by atoms with van der Waals surface area (Å²) in [6.45, 7) is 6.54. The molecule has 0 fully saturated rings. The zero-order chi connectivity index (χ0) is 52.9. The van der Waals surface area contributed by atoms with Gasteiger partial charge in [0.05, 0.1) is 0 Å². The fraction of sp³-hybridized carbons (Fsp3) is 0.776. The maximum absolute atomic E-state index is 12.9. The van der Waals surface area contributed by atoms with Crippen LogP contribution in [0.1, 0.15) is 316 Å². The van der Waals surface area contributed by atoms with Gasteiger partial charge >= 0.3 is 17.9 Å². The molecular formula is C67H118O6. The monoisotopic (exact) mass is 1020 g/mol. The van der Waals surface area contributed by atoms with Crippen LogP contribution in [0.3, 0.4) is 0 Å². The second-order valence-corrected chi connectivity index (χ2v) is 20.9. The van der Waals surface area contributed by atoms with Crippen molar-refractivity contribution < 1.29 is 28.6 Å². The van der Waals surface area contributed by atoms with Crippen molar-refractivity contribution in [2.75, 3.05) is 13.2 Å². The number of esters is 3. The van der Waals surface area contributed by atoms with Gasteiger partial charge in [0, 0.05) is 19.3 Å². The summed E-state index contributed by atoms with van der Waals surface area (Å²) in [4.78, 5) is 38.2. The van der Waals surface area contributed by atoms with Gasteiger partial charge in [-0.1, -0.05) is 280 Å². The minimum absolute atomic E-state index is 0.0742. The molecule has 422 valence electrons. The molecule has 0 saturated heterocycles. The number of ether oxygens (including phenoxy) is 3. The van der Waals surface area contributed by atoms with E-state index in [2.05, 4.69) is 93.7 Å². The lowest BCUT2D eigenvalue weighted by Gasteiger charge is -2.18. The summed E-state index contributed by atoms with van der Waals surface area (Å²) in [6.07, 6.45) is 79.1. The quantitative estimate of drug-likeness (QED) is 0.0261. The van der Waals surface area contributed by atoms with E-state index in [1.165, 1.54) is 186 Å². The maximum atomic E-state index is 12.9. The first-order valence-corrected chi connectivity index (χ1v) is 31.4. The summed E-state index contributed by atoms with van der Waals surface area (Å²) in [5.74, 6) is -0.869. The van der Waals surface area contributed by atoms with E-state index in [9.17, 15) is 14.4 Å². The summed E-state index contributed by atoms with van der Waals surface area (Å²) >= 11 is 0. The van der Waals surface area contributed by atoms with Gasteiger partial charge in [-0.25, -0.2) is 0 Å². The lowest BCUT2D eigenvalue weighted by atomic mass is 10.0. The third-order valence-corrected chi connectivity index (χ3v) is 13.7. The van der Waals surface area contributed by atoms with Crippen LogP contribution >= 0.6 is 0 Å². The van der Waals surface area contributed by atoms with E-state index in [1.54, 1.807) is 0 Å². The highest BCUT2D eigenvalue weighted by Crippen LogP contribution is 2.16. The van der Waals surface area contributed by atoms with E-state index in [0.29, 0.717) is 19.3 Å². The molecule has 0 saturated carbocycles. The predicted octanol–water partition coefficient (Wildman–Crippen LogP) is 21.3. The average Bonchev–Trinajstić information content (AvgIpc) is 3.39. The lowest BCUT2D eigenvalue weighted by Crippen LogP contribution is -2.30. The molecule has 0 N–H and O–H groups in total. The van der Waals surface area contributed by atoms with E-state index < -0.39 is 6.10 Å². The molecular weight excluding hydrogens is 901 g/mol. The van der Waals surface area contributed by atoms with E-state index in [0.717, 1.165) is 89.9 Å². The molecule has 0 aliphatic carbocycles. The average molecular weight is 1020 g/mol. The molecule has 0 rings (SSSR count). The molecule has 0 amide bonds. The van der Waals surface area contributed by atoms with Crippen molar-refractivity contribution in [3.05, 3.63) is 72.9 Å². The summed E-state index contributed by atoms with van der Waals surface area (Å²) in [5.41, 5.74) is 0. The zero-order valence-electron chi connectivity index (χ0n) is 48.4. The van der Waals surface area contributed by atoms with E-state index in [4.69, 9.17) is 14.2 Å². The van der Waals surface area contributed by atoms with Crippen LogP contribution in [0.15, 0.2) is 72.9 Å². The van der Waals surface area contributed by atoms with Crippen LogP contribution in [0.4, 0.5) is 0 Å². The number of hydrogen-bond acceptors (Lipinski definition) is 6. The van der Waals surface area contributed by atoms with Crippen LogP contribution in [0.5, 0.6) is 0 Å². The summed E-state index contributed by atoms with van der Waals surface area (Å²) in [7, 11) is 0. The molecule has 0 aromatic heterocycles. The molecule has 1 unspecified atom stereocenters. The first kappa shape index (κ1) is 69.8. The highest BCUT2D eigenvalue weighted by atomic mass is 16.6. The van der Waals surface area contributed by atoms with Crippen molar-refractivity contribution >= 4 is 17.9 Å². The number of hydrogen-bond donors (Lipinski definition) is 0. The predicted molar refractivity (Wildman–Crippen MR) is 316 cm³/mol. The number of rotatable bonds is 57. The highest BCUT2D eigenvalue weighted by molar-refractivity contribution is 5.71. The van der Waals surface area contributed by atoms with Gasteiger partial charge in [0.25, 0.3) is 0 Å². The molecule has 0 aliphatic heterocycles. The minimum atomic E-state index is -0.776. The number of carbonyl (C=O) groups is 3. The van der Waals surface area contributed by atoms with Crippen molar-refractivity contribution in [3.63, 3.8) is 0 Å². The smallest absolute Gasteiger partial charge is 0.306 e. The molecule has 6 heteroatoms. The second-order valence-electron chi connectivity index (χ2n) is 20.9. The topological polar surface area (TPSA) is 78.9 Å². The molecule has 6 nitrogen and oxygen atoms in total. The Bertz CT molecular complexity index is 1360. The Hall–Kier alpha value is -3.15. The zero-order valence-corrected chi connectivity index (χ0v) is 48.4. The standard InChI is InChI=1S/C67H118O6/c1-4-7-10-13-16-19-22-24-26-28-29-30-31-32-33-34-35-36-37-39-40-42-45-48-51-54-57-60-66(69)72-63-64(62-71-65(68)59-56-53-50-47-44-21-18-15-12-9-6-3)73-67(70)61-58-55-52-49-46-43-41-38-27-25-23-20-17-14-11-8-5-2/h7,10,16,19,24-27,29-30,32-33,64H,4-6,8-9,11-15,17-18,20-23,28,31,34-63H2,1-3H3/b10-7-,19-16-,26-24-,27-25-,30-29-,33-32-. The first-order valence-electron chi connectivity index (χ1n) is 31.4. The van der Waals surface area contributed by atoms with Gasteiger partial charge in [-0.3, -0.25) is 14.4 Å². The molecule has 73 heavy (non-hydrogen) atoms. The van der Waals surface area contributed by atoms with Gasteiger partial charge in [-0.2, -0.15) is 0 Å². The van der Waals surface area contributed by atoms with Crippen LogP contribution in [0.25, 0.3) is 0 Å². The normalized spacial score (nSPS) is 12.5. The van der Waals surface area contributed by atoms with Crippen molar-refractivity contribution in [3.8, 4) is 0 Å². The van der Waals surface area contributed by atoms with Crippen LogP contribution in [0.2, 0.25) is 0 Å². The van der Waals surface area contributed by atoms with E-state index in [-0.39, 0.29) is 31.1 Å². The molecule has 0 radical (unpaired) electrons. The Labute approximate surface area is 453 Å². The summed E-state index contributed by atoms with van der Waals surface area (Å²) in [6, 6.07) is 0. The van der Waals surface area contributed by atoms with Gasteiger partial charge in [0.15, 0.2) is 6.10 Å². The van der Waals surface area contributed by atoms with Gasteiger partial charge in [-0.15, -0.1) is 0 Å². The number of carbonyl (C=O) groups excluding carboxylic acids is 3. The van der Waals surface area contributed by atoms with Crippen molar-refractivity contribution in [1.29, 1.82) is 0 Å². The third kappa shape index (κ3) is 59.6. The van der Waals surface area contributed by atoms with E-state index >= 15 is 0 Å². The summed E-state index contributed by atoms with van der Waals surface area (Å²) < 4.78 is 16.9.